The van der Waals surface area contributed by atoms with E-state index in [0.29, 0.717) is 42.3 Å². The molecule has 0 aromatic heterocycles. The van der Waals surface area contributed by atoms with Gasteiger partial charge in [-0.15, -0.1) is 0 Å². The molecular formula is C39H43N5O5. The maximum absolute atomic E-state index is 14.0. The number of hydrogen-bond donors (Lipinski definition) is 1. The molecule has 5 rings (SSSR count). The minimum Gasteiger partial charge on any atom is -0.493 e. The first-order valence-electron chi connectivity index (χ1n) is 16.4. The van der Waals surface area contributed by atoms with E-state index in [1.165, 1.54) is 0 Å². The van der Waals surface area contributed by atoms with Crippen LogP contribution in [0.4, 0.5) is 27.5 Å². The quantitative estimate of drug-likeness (QED) is 0.132. The Morgan fingerprint density at radius 1 is 0.816 bits per heavy atom. The highest BCUT2D eigenvalue weighted by atomic mass is 16.5. The van der Waals surface area contributed by atoms with Crippen molar-refractivity contribution in [1.82, 2.24) is 10.2 Å². The number of carbonyl (C=O) groups is 3. The number of hydrogen-bond acceptors (Lipinski definition) is 7. The highest BCUT2D eigenvalue weighted by Gasteiger charge is 2.29. The Morgan fingerprint density at radius 3 is 2.00 bits per heavy atom. The summed E-state index contributed by atoms with van der Waals surface area (Å²) >= 11 is 0. The minimum atomic E-state index is -0.442. The summed E-state index contributed by atoms with van der Waals surface area (Å²) in [6.07, 6.45) is 0.835. The zero-order valence-corrected chi connectivity index (χ0v) is 28.5. The van der Waals surface area contributed by atoms with Crippen LogP contribution in [0.1, 0.15) is 39.2 Å². The summed E-state index contributed by atoms with van der Waals surface area (Å²) in [6.45, 7) is 6.63. The average molecular weight is 662 g/mol. The van der Waals surface area contributed by atoms with Gasteiger partial charge in [0.1, 0.15) is 12.3 Å². The van der Waals surface area contributed by atoms with Crippen LogP contribution < -0.4 is 19.9 Å². The Labute approximate surface area is 288 Å². The van der Waals surface area contributed by atoms with Gasteiger partial charge in [-0.2, -0.15) is 0 Å². The van der Waals surface area contributed by atoms with Crippen LogP contribution in [-0.4, -0.2) is 55.6 Å². The first kappa shape index (κ1) is 34.7. The first-order valence-corrected chi connectivity index (χ1v) is 16.4. The summed E-state index contributed by atoms with van der Waals surface area (Å²) in [5.41, 5.74) is 3.34. The van der Waals surface area contributed by atoms with Gasteiger partial charge in [-0.3, -0.25) is 19.8 Å². The minimum absolute atomic E-state index is 0.00475. The van der Waals surface area contributed by atoms with Gasteiger partial charge in [0.25, 0.3) is 0 Å². The second kappa shape index (κ2) is 16.0. The van der Waals surface area contributed by atoms with Crippen LogP contribution in [0.15, 0.2) is 114 Å². The number of esters is 1. The number of para-hydroxylation sites is 3. The maximum atomic E-state index is 14.0. The van der Waals surface area contributed by atoms with E-state index >= 15 is 0 Å². The molecule has 1 aliphatic heterocycles. The van der Waals surface area contributed by atoms with E-state index in [4.69, 9.17) is 14.5 Å². The number of fused-ring (bicyclic) bond motifs is 1. The molecule has 0 fully saturated rings. The lowest BCUT2D eigenvalue weighted by Crippen LogP contribution is -2.50. The highest BCUT2D eigenvalue weighted by molar-refractivity contribution is 6.09. The number of urea groups is 1. The molecule has 4 aromatic carbocycles. The van der Waals surface area contributed by atoms with Crippen molar-refractivity contribution < 1.29 is 23.9 Å². The van der Waals surface area contributed by atoms with Gasteiger partial charge in [0.2, 0.25) is 11.9 Å². The second-order valence-electron chi connectivity index (χ2n) is 12.9. The van der Waals surface area contributed by atoms with E-state index in [1.807, 2.05) is 130 Å². The van der Waals surface area contributed by atoms with Crippen molar-refractivity contribution in [3.63, 3.8) is 0 Å². The molecule has 0 unspecified atom stereocenters. The summed E-state index contributed by atoms with van der Waals surface area (Å²) < 4.78 is 11.8. The molecule has 1 aliphatic rings. The lowest BCUT2D eigenvalue weighted by molar-refractivity contribution is -0.146. The topological polar surface area (TPSA) is 104 Å². The molecule has 0 atom stereocenters. The van der Waals surface area contributed by atoms with E-state index in [-0.39, 0.29) is 37.0 Å². The van der Waals surface area contributed by atoms with Crippen molar-refractivity contribution in [2.45, 2.75) is 40.2 Å². The normalized spacial score (nSPS) is 12.3. The number of carbonyl (C=O) groups excluding carboxylic acids is 3. The van der Waals surface area contributed by atoms with Crippen LogP contribution in [0.25, 0.3) is 0 Å². The summed E-state index contributed by atoms with van der Waals surface area (Å²) in [6, 6.07) is 33.2. The Bertz CT molecular complexity index is 1720. The number of nitrogens with zero attached hydrogens (tertiary/aromatic N) is 4. The molecule has 3 amide bonds. The number of aliphatic imine (C=N–C) groups is 1. The maximum Gasteiger partial charge on any atom is 0.333 e. The van der Waals surface area contributed by atoms with Crippen molar-refractivity contribution in [1.29, 1.82) is 0 Å². The molecular weight excluding hydrogens is 618 g/mol. The second-order valence-corrected chi connectivity index (χ2v) is 12.9. The predicted molar refractivity (Wildman–Crippen MR) is 192 cm³/mol. The van der Waals surface area contributed by atoms with Gasteiger partial charge in [0, 0.05) is 24.7 Å². The number of nitrogens with one attached hydrogen (secondary N) is 1. The van der Waals surface area contributed by atoms with Crippen molar-refractivity contribution in [3.05, 3.63) is 115 Å². The third kappa shape index (κ3) is 9.47. The lowest BCUT2D eigenvalue weighted by atomic mass is 9.99. The molecule has 0 aliphatic carbocycles. The van der Waals surface area contributed by atoms with Gasteiger partial charge in [-0.1, -0.05) is 81.4 Å². The fourth-order valence-electron chi connectivity index (χ4n) is 5.20. The molecule has 49 heavy (non-hydrogen) atoms. The molecule has 0 bridgehead atoms. The largest absolute Gasteiger partial charge is 0.493 e. The van der Waals surface area contributed by atoms with Crippen LogP contribution in [0.2, 0.25) is 0 Å². The monoisotopic (exact) mass is 661 g/mol. The van der Waals surface area contributed by atoms with Gasteiger partial charge < -0.3 is 19.3 Å². The van der Waals surface area contributed by atoms with E-state index in [1.54, 1.807) is 21.7 Å². The summed E-state index contributed by atoms with van der Waals surface area (Å²) in [5.74, 6) is 0.366. The molecule has 254 valence electrons. The number of guanidine groups is 1. The number of benzene rings is 4. The molecule has 0 saturated heterocycles. The van der Waals surface area contributed by atoms with Crippen LogP contribution >= 0.6 is 0 Å². The predicted octanol–water partition coefficient (Wildman–Crippen LogP) is 7.45. The summed E-state index contributed by atoms with van der Waals surface area (Å²) in [5, 5.41) is 2.97. The zero-order valence-electron chi connectivity index (χ0n) is 28.5. The van der Waals surface area contributed by atoms with E-state index in [2.05, 4.69) is 5.32 Å². The molecule has 0 saturated carbocycles. The molecule has 0 spiro atoms. The summed E-state index contributed by atoms with van der Waals surface area (Å²) in [7, 11) is 1.76. The first-order chi connectivity index (χ1) is 23.6. The Morgan fingerprint density at radius 2 is 1.41 bits per heavy atom. The third-order valence-corrected chi connectivity index (χ3v) is 7.73. The van der Waals surface area contributed by atoms with Gasteiger partial charge in [0.05, 0.1) is 36.8 Å². The Hall–Kier alpha value is -5.64. The zero-order chi connectivity index (χ0) is 34.8. The smallest absolute Gasteiger partial charge is 0.333 e. The number of anilines is 3. The SMILES string of the molecule is CN(C(=O)CCCOc1cccc2c1CN(CC(=O)OCC(C)(C)C)C(NC(=O)N(c1ccccc1)c1ccccc1)=N2)c1ccccc1. The van der Waals surface area contributed by atoms with Crippen molar-refractivity contribution in [2.24, 2.45) is 10.4 Å². The standard InChI is InChI=1S/C39H43N5O5/c1-39(2,3)28-49-36(46)27-43-26-32-33(22-14-23-34(32)48-25-15-24-35(45)42(4)29-16-8-5-9-17-29)40-37(43)41-38(47)44(30-18-10-6-11-19-30)31-20-12-7-13-21-31/h5-14,16-23H,15,24-28H2,1-4H3,(H,40,41,47). The van der Waals surface area contributed by atoms with E-state index in [9.17, 15) is 14.4 Å². The van der Waals surface area contributed by atoms with E-state index in [0.717, 1.165) is 11.3 Å². The summed E-state index contributed by atoms with van der Waals surface area (Å²) in [4.78, 5) is 49.5. The van der Waals surface area contributed by atoms with Crippen LogP contribution in [0, 0.1) is 5.41 Å². The number of ether oxygens (including phenoxy) is 2. The van der Waals surface area contributed by atoms with Crippen molar-refractivity contribution >= 4 is 46.6 Å². The molecule has 10 heteroatoms. The van der Waals surface area contributed by atoms with E-state index < -0.39 is 12.0 Å². The molecule has 1 N–H and O–H groups in total. The van der Waals surface area contributed by atoms with Gasteiger partial charge in [-0.05, 0) is 60.4 Å². The fraction of sp³-hybridized carbons (Fsp3) is 0.282. The Kier molecular flexibility index (Phi) is 11.3. The lowest BCUT2D eigenvalue weighted by Gasteiger charge is -2.32. The van der Waals surface area contributed by atoms with Crippen molar-refractivity contribution in [2.75, 3.05) is 36.6 Å². The van der Waals surface area contributed by atoms with Crippen molar-refractivity contribution in [3.8, 4) is 5.75 Å². The Balaban J connectivity index is 1.35. The molecule has 10 nitrogen and oxygen atoms in total. The fourth-order valence-corrected chi connectivity index (χ4v) is 5.20. The number of amides is 3. The van der Waals surface area contributed by atoms with Crippen LogP contribution in [-0.2, 0) is 20.9 Å². The van der Waals surface area contributed by atoms with Crippen LogP contribution in [0.5, 0.6) is 5.75 Å². The molecule has 1 heterocycles. The van der Waals surface area contributed by atoms with Gasteiger partial charge in [0.15, 0.2) is 0 Å². The number of rotatable bonds is 11. The average Bonchev–Trinajstić information content (AvgIpc) is 3.10. The third-order valence-electron chi connectivity index (χ3n) is 7.73. The molecule has 0 radical (unpaired) electrons. The highest BCUT2D eigenvalue weighted by Crippen LogP contribution is 2.34. The molecule has 4 aromatic rings. The van der Waals surface area contributed by atoms with Crippen LogP contribution in [0.3, 0.4) is 0 Å². The van der Waals surface area contributed by atoms with Gasteiger partial charge in [-0.25, -0.2) is 9.79 Å². The van der Waals surface area contributed by atoms with Gasteiger partial charge >= 0.3 is 12.0 Å².